The molecule has 0 aliphatic carbocycles. The van der Waals surface area contributed by atoms with E-state index in [9.17, 15) is 0 Å². The molecule has 0 aromatic rings. The second kappa shape index (κ2) is 4.16. The van der Waals surface area contributed by atoms with Gasteiger partial charge in [-0.25, -0.2) is 4.99 Å². The summed E-state index contributed by atoms with van der Waals surface area (Å²) >= 11 is 0. The third-order valence-corrected chi connectivity index (χ3v) is 1.16. The van der Waals surface area contributed by atoms with Gasteiger partial charge in [-0.15, -0.1) is 0 Å². The largest absolute Gasteiger partial charge is 0.452 e. The van der Waals surface area contributed by atoms with Gasteiger partial charge in [0.25, 0.3) is 0 Å². The van der Waals surface area contributed by atoms with Crippen molar-refractivity contribution in [3.05, 3.63) is 12.3 Å². The van der Waals surface area contributed by atoms with Crippen molar-refractivity contribution in [3.63, 3.8) is 0 Å². The molecule has 0 saturated heterocycles. The van der Waals surface area contributed by atoms with Crippen molar-refractivity contribution >= 4 is 5.90 Å². The van der Waals surface area contributed by atoms with Crippen LogP contribution in [-0.4, -0.2) is 11.4 Å². The van der Waals surface area contributed by atoms with Crippen molar-refractivity contribution in [2.45, 2.75) is 40.2 Å². The molecule has 64 valence electrons. The van der Waals surface area contributed by atoms with E-state index in [1.165, 1.54) is 0 Å². The predicted octanol–water partition coefficient (Wildman–Crippen LogP) is 2.75. The molecule has 0 aromatic carbocycles. The number of hydrogen-bond donors (Lipinski definition) is 0. The quantitative estimate of drug-likeness (QED) is 0.527. The number of rotatable bonds is 0. The highest BCUT2D eigenvalue weighted by Gasteiger charge is 2.15. The second-order valence-corrected chi connectivity index (χ2v) is 2.71. The topological polar surface area (TPSA) is 21.6 Å². The minimum absolute atomic E-state index is 0.0671. The van der Waals surface area contributed by atoms with Crippen LogP contribution in [0.4, 0.5) is 0 Å². The Kier molecular flexibility index (Phi) is 3.86. The fraction of sp³-hybridized carbons (Fsp3) is 0.667. The van der Waals surface area contributed by atoms with Gasteiger partial charge in [0.1, 0.15) is 0 Å². The van der Waals surface area contributed by atoms with E-state index in [2.05, 4.69) is 4.99 Å². The van der Waals surface area contributed by atoms with Gasteiger partial charge in [-0.1, -0.05) is 13.8 Å². The molecule has 2 heteroatoms. The molecule has 0 amide bonds. The Morgan fingerprint density at radius 1 is 1.36 bits per heavy atom. The number of hydrogen-bond acceptors (Lipinski definition) is 2. The van der Waals surface area contributed by atoms with Gasteiger partial charge in [0.15, 0.2) is 5.90 Å². The molecule has 0 aromatic heterocycles. The lowest BCUT2D eigenvalue weighted by atomic mass is 10.1. The minimum Gasteiger partial charge on any atom is -0.452 e. The summed E-state index contributed by atoms with van der Waals surface area (Å²) in [5.41, 5.74) is -0.0671. The summed E-state index contributed by atoms with van der Waals surface area (Å²) in [4.78, 5) is 4.22. The first-order chi connectivity index (χ1) is 5.10. The Balaban J connectivity index is 0.000000461. The standard InChI is InChI=1S/C7H11NO.C2H6/c1-6-8-7(2,3)4-5-9-6;1-2/h4-5H,1-3H3;1-2H3. The Morgan fingerprint density at radius 2 is 1.91 bits per heavy atom. The van der Waals surface area contributed by atoms with Crippen molar-refractivity contribution in [2.24, 2.45) is 4.99 Å². The van der Waals surface area contributed by atoms with Gasteiger partial charge in [-0.2, -0.15) is 0 Å². The van der Waals surface area contributed by atoms with Gasteiger partial charge in [0, 0.05) is 6.92 Å². The Labute approximate surface area is 69.0 Å². The van der Waals surface area contributed by atoms with E-state index < -0.39 is 0 Å². The lowest BCUT2D eigenvalue weighted by Crippen LogP contribution is -2.19. The monoisotopic (exact) mass is 155 g/mol. The van der Waals surface area contributed by atoms with Crippen LogP contribution < -0.4 is 0 Å². The zero-order valence-electron chi connectivity index (χ0n) is 8.01. The van der Waals surface area contributed by atoms with Crippen molar-refractivity contribution < 1.29 is 4.74 Å². The van der Waals surface area contributed by atoms with Crippen molar-refractivity contribution in [2.75, 3.05) is 0 Å². The van der Waals surface area contributed by atoms with E-state index >= 15 is 0 Å². The van der Waals surface area contributed by atoms with Crippen molar-refractivity contribution in [1.82, 2.24) is 0 Å². The fourth-order valence-corrected chi connectivity index (χ4v) is 0.768. The van der Waals surface area contributed by atoms with E-state index in [1.807, 2.05) is 40.7 Å². The van der Waals surface area contributed by atoms with E-state index in [1.54, 1.807) is 6.26 Å². The number of ether oxygens (including phenoxy) is 1. The maximum atomic E-state index is 4.98. The lowest BCUT2D eigenvalue weighted by Gasteiger charge is -2.18. The average Bonchev–Trinajstić information content (AvgIpc) is 1.89. The average molecular weight is 155 g/mol. The summed E-state index contributed by atoms with van der Waals surface area (Å²) in [6.07, 6.45) is 3.61. The Hall–Kier alpha value is -0.790. The van der Waals surface area contributed by atoms with Gasteiger partial charge in [0.2, 0.25) is 0 Å². The molecular formula is C9H17NO. The Morgan fingerprint density at radius 3 is 2.18 bits per heavy atom. The van der Waals surface area contributed by atoms with Crippen LogP contribution in [-0.2, 0) is 4.74 Å². The van der Waals surface area contributed by atoms with Crippen LogP contribution in [0.15, 0.2) is 17.3 Å². The first-order valence-corrected chi connectivity index (χ1v) is 4.01. The molecule has 1 rings (SSSR count). The molecule has 1 aliphatic rings. The summed E-state index contributed by atoms with van der Waals surface area (Å²) < 4.78 is 4.98. The Bertz CT molecular complexity index is 168. The third kappa shape index (κ3) is 3.81. The molecule has 0 N–H and O–H groups in total. The fourth-order valence-electron chi connectivity index (χ4n) is 0.768. The molecule has 2 nitrogen and oxygen atoms in total. The van der Waals surface area contributed by atoms with Crippen LogP contribution in [0.3, 0.4) is 0 Å². The van der Waals surface area contributed by atoms with Crippen molar-refractivity contribution in [1.29, 1.82) is 0 Å². The SMILES string of the molecule is CC.CC1=NC(C)(C)C=CO1. The zero-order chi connectivity index (χ0) is 8.91. The molecule has 0 atom stereocenters. The predicted molar refractivity (Wildman–Crippen MR) is 48.8 cm³/mol. The molecule has 11 heavy (non-hydrogen) atoms. The first kappa shape index (κ1) is 10.2. The van der Waals surface area contributed by atoms with Crippen LogP contribution in [0.2, 0.25) is 0 Å². The molecule has 0 radical (unpaired) electrons. The second-order valence-electron chi connectivity index (χ2n) is 2.71. The smallest absolute Gasteiger partial charge is 0.186 e. The molecule has 0 bridgehead atoms. The summed E-state index contributed by atoms with van der Waals surface area (Å²) in [6.45, 7) is 9.93. The highest BCUT2D eigenvalue weighted by Crippen LogP contribution is 2.14. The first-order valence-electron chi connectivity index (χ1n) is 4.01. The van der Waals surface area contributed by atoms with E-state index in [0.29, 0.717) is 0 Å². The van der Waals surface area contributed by atoms with E-state index in [0.717, 1.165) is 5.90 Å². The summed E-state index contributed by atoms with van der Waals surface area (Å²) in [5, 5.41) is 0. The maximum absolute atomic E-state index is 4.98. The zero-order valence-corrected chi connectivity index (χ0v) is 8.01. The van der Waals surface area contributed by atoms with Crippen LogP contribution in [0.5, 0.6) is 0 Å². The van der Waals surface area contributed by atoms with Crippen LogP contribution in [0.25, 0.3) is 0 Å². The lowest BCUT2D eigenvalue weighted by molar-refractivity contribution is 0.424. The third-order valence-electron chi connectivity index (χ3n) is 1.16. The molecule has 0 unspecified atom stereocenters. The molecule has 1 aliphatic heterocycles. The van der Waals surface area contributed by atoms with E-state index in [4.69, 9.17) is 4.74 Å². The molecular weight excluding hydrogens is 138 g/mol. The van der Waals surface area contributed by atoms with Crippen LogP contribution in [0, 0.1) is 0 Å². The van der Waals surface area contributed by atoms with E-state index in [-0.39, 0.29) is 5.54 Å². The normalized spacial score (nSPS) is 19.2. The number of aliphatic imine (C=N–C) groups is 1. The molecule has 0 saturated carbocycles. The van der Waals surface area contributed by atoms with Gasteiger partial charge < -0.3 is 4.74 Å². The molecule has 0 fully saturated rings. The maximum Gasteiger partial charge on any atom is 0.186 e. The van der Waals surface area contributed by atoms with Crippen LogP contribution in [0.1, 0.15) is 34.6 Å². The van der Waals surface area contributed by atoms with Gasteiger partial charge >= 0.3 is 0 Å². The van der Waals surface area contributed by atoms with Gasteiger partial charge in [-0.05, 0) is 19.9 Å². The highest BCUT2D eigenvalue weighted by molar-refractivity contribution is 5.75. The molecule has 1 heterocycles. The summed E-state index contributed by atoms with van der Waals surface area (Å²) in [5.74, 6) is 0.738. The van der Waals surface area contributed by atoms with Crippen LogP contribution >= 0.6 is 0 Å². The highest BCUT2D eigenvalue weighted by atomic mass is 16.5. The van der Waals surface area contributed by atoms with Gasteiger partial charge in [0.05, 0.1) is 11.8 Å². The van der Waals surface area contributed by atoms with Gasteiger partial charge in [-0.3, -0.25) is 0 Å². The summed E-state index contributed by atoms with van der Waals surface area (Å²) in [7, 11) is 0. The molecule has 0 spiro atoms. The summed E-state index contributed by atoms with van der Waals surface area (Å²) in [6, 6.07) is 0. The van der Waals surface area contributed by atoms with Crippen molar-refractivity contribution in [3.8, 4) is 0 Å². The number of nitrogens with zero attached hydrogens (tertiary/aromatic N) is 1. The minimum atomic E-state index is -0.0671.